The van der Waals surface area contributed by atoms with Crippen LogP contribution in [0.2, 0.25) is 0 Å². The topological polar surface area (TPSA) is 234 Å². The molecule has 1 aliphatic carbocycles. The number of benzene rings is 2. The number of H-pyrrole nitrogens is 1. The van der Waals surface area contributed by atoms with E-state index in [0.717, 1.165) is 59.7 Å². The Balaban J connectivity index is 0.00000123. The molecule has 2 aliphatic heterocycles. The second-order valence-electron chi connectivity index (χ2n) is 19.1. The third-order valence-electron chi connectivity index (χ3n) is 12.9. The van der Waals surface area contributed by atoms with Crippen molar-refractivity contribution >= 4 is 47.0 Å². The molecular formula is C55H85FN8O11S. The first-order chi connectivity index (χ1) is 37.1. The summed E-state index contributed by atoms with van der Waals surface area (Å²) < 4.78 is 53.1. The van der Waals surface area contributed by atoms with Crippen LogP contribution >= 0.6 is 11.8 Å². The van der Waals surface area contributed by atoms with Crippen molar-refractivity contribution in [1.82, 2.24) is 36.8 Å². The van der Waals surface area contributed by atoms with E-state index in [1.807, 2.05) is 23.9 Å². The summed E-state index contributed by atoms with van der Waals surface area (Å²) in [5, 5.41) is 25.6. The van der Waals surface area contributed by atoms with Crippen molar-refractivity contribution in [3.63, 3.8) is 0 Å². The summed E-state index contributed by atoms with van der Waals surface area (Å²) in [6, 6.07) is 10.5. The molecule has 424 valence electrons. The normalized spacial score (nSPS) is 16.0. The Morgan fingerprint density at radius 1 is 0.737 bits per heavy atom. The predicted octanol–water partition coefficient (Wildman–Crippen LogP) is 7.19. The quantitative estimate of drug-likeness (QED) is 0.0173. The van der Waals surface area contributed by atoms with E-state index in [9.17, 15) is 23.6 Å². The second-order valence-corrected chi connectivity index (χ2v) is 20.4. The van der Waals surface area contributed by atoms with Gasteiger partial charge in [-0.15, -0.1) is 0 Å². The van der Waals surface area contributed by atoms with Crippen molar-refractivity contribution in [2.75, 3.05) is 110 Å². The van der Waals surface area contributed by atoms with E-state index in [2.05, 4.69) is 62.9 Å². The summed E-state index contributed by atoms with van der Waals surface area (Å²) in [6.45, 7) is 12.7. The molecule has 0 radical (unpaired) electrons. The maximum Gasteiger partial charge on any atom is 0.315 e. The van der Waals surface area contributed by atoms with Crippen molar-refractivity contribution < 1.29 is 56.7 Å². The van der Waals surface area contributed by atoms with Gasteiger partial charge in [0.15, 0.2) is 17.3 Å². The van der Waals surface area contributed by atoms with Gasteiger partial charge in [0.05, 0.1) is 77.7 Å². The fourth-order valence-corrected chi connectivity index (χ4v) is 10.6. The fraction of sp³-hybridized carbons (Fsp3) is 0.655. The molecule has 2 saturated heterocycles. The molecule has 2 aromatic carbocycles. The van der Waals surface area contributed by atoms with Gasteiger partial charge in [0.1, 0.15) is 12.4 Å². The number of aromatic nitrogens is 2. The summed E-state index contributed by atoms with van der Waals surface area (Å²) >= 11 is 1.90. The maximum atomic E-state index is 13.7. The van der Waals surface area contributed by atoms with Crippen molar-refractivity contribution in [1.29, 1.82) is 0 Å². The molecule has 76 heavy (non-hydrogen) atoms. The number of carbonyl (C=O) groups excluding carboxylic acids is 4. The summed E-state index contributed by atoms with van der Waals surface area (Å²) in [7, 11) is 1.59. The molecule has 0 bridgehead atoms. The molecule has 6 rings (SSSR count). The van der Waals surface area contributed by atoms with Gasteiger partial charge in [-0.3, -0.25) is 19.5 Å². The van der Waals surface area contributed by atoms with Crippen LogP contribution in [0.3, 0.4) is 0 Å². The largest absolute Gasteiger partial charge is 0.493 e. The number of halogens is 1. The number of hydrogen-bond acceptors (Lipinski definition) is 14. The number of carbonyl (C=O) groups is 4. The fourth-order valence-electron chi connectivity index (χ4n) is 9.05. The SMILES string of the molecule is CCCC(C)CCC.COc1cc2c(cc1OCCOCCOCCNC(=O)CCC(=O)NCCCOCCOCCOCCCNC(=O)CCCC[C@@H]1SC[C@@H]3NC(=O)N[C@@H]31)Cc1c(Nc3cccc(F)c3)n[nH]c1-2. The molecule has 0 unspecified atom stereocenters. The summed E-state index contributed by atoms with van der Waals surface area (Å²) in [6.07, 6.45) is 11.0. The monoisotopic (exact) mass is 1080 g/mol. The van der Waals surface area contributed by atoms with Crippen LogP contribution in [0.15, 0.2) is 36.4 Å². The van der Waals surface area contributed by atoms with Gasteiger partial charge < -0.3 is 65.1 Å². The lowest BCUT2D eigenvalue weighted by atomic mass is 10.0. The number of urea groups is 1. The van der Waals surface area contributed by atoms with Crippen LogP contribution < -0.4 is 41.4 Å². The summed E-state index contributed by atoms with van der Waals surface area (Å²) in [5.74, 6) is 3.05. The number of aromatic amines is 1. The first-order valence-electron chi connectivity index (χ1n) is 27.4. The number of anilines is 2. The van der Waals surface area contributed by atoms with Crippen LogP contribution in [-0.2, 0) is 44.5 Å². The molecule has 0 saturated carbocycles. The lowest BCUT2D eigenvalue weighted by Crippen LogP contribution is -2.36. The Morgan fingerprint density at radius 2 is 1.36 bits per heavy atom. The first kappa shape index (κ1) is 61.7. The highest BCUT2D eigenvalue weighted by Crippen LogP contribution is 2.44. The minimum atomic E-state index is -0.328. The number of thioether (sulfide) groups is 1. The van der Waals surface area contributed by atoms with Gasteiger partial charge in [-0.05, 0) is 67.5 Å². The highest BCUT2D eigenvalue weighted by molar-refractivity contribution is 8.00. The average Bonchev–Trinajstić information content (AvgIpc) is 4.19. The van der Waals surface area contributed by atoms with Crippen LogP contribution in [0.1, 0.15) is 109 Å². The van der Waals surface area contributed by atoms with Crippen LogP contribution in [-0.4, -0.2) is 156 Å². The number of hydrogen-bond donors (Lipinski definition) is 7. The zero-order valence-electron chi connectivity index (χ0n) is 45.3. The Labute approximate surface area is 453 Å². The number of unbranched alkanes of at least 4 members (excludes halogenated alkanes) is 1. The summed E-state index contributed by atoms with van der Waals surface area (Å²) in [4.78, 5) is 47.9. The number of amides is 5. The van der Waals surface area contributed by atoms with Crippen molar-refractivity contribution in [3.05, 3.63) is 53.3 Å². The standard InChI is InChI=1S/C47H67FN8O11S.C8H18/c1-61-38-30-35-32(27-36-44(35)55-56-46(36)52-34-8-4-7-33(48)29-34)28-39(38)67-26-25-66-24-21-64-18-15-51-43(59)12-11-42(58)50-14-6-17-63-20-23-65-22-19-62-16-5-13-49-41(57)10-3-2-9-40-45-37(31-68-40)53-47(60)54-45;1-4-6-8(3)7-5-2/h4,7-8,28-30,37,40,45H,2-3,5-6,9-27,31H2,1H3,(H,49,57)(H,50,58)(H,51,59)(H2,52,55,56)(H2,53,54,60);8H,4-7H2,1-3H3/t37-,40-,45-;/m0./s1. The van der Waals surface area contributed by atoms with Gasteiger partial charge in [-0.1, -0.05) is 58.9 Å². The zero-order chi connectivity index (χ0) is 54.2. The molecule has 0 spiro atoms. The van der Waals surface area contributed by atoms with E-state index >= 15 is 0 Å². The van der Waals surface area contributed by atoms with E-state index in [0.29, 0.717) is 140 Å². The van der Waals surface area contributed by atoms with E-state index < -0.39 is 0 Å². The third kappa shape index (κ3) is 22.8. The van der Waals surface area contributed by atoms with Crippen LogP contribution in [0.4, 0.5) is 20.7 Å². The number of rotatable bonds is 39. The molecule has 3 aromatic rings. The highest BCUT2D eigenvalue weighted by atomic mass is 32.2. The van der Waals surface area contributed by atoms with Gasteiger partial charge >= 0.3 is 6.03 Å². The molecule has 21 heteroatoms. The molecule has 7 N–H and O–H groups in total. The number of nitrogens with zero attached hydrogens (tertiary/aromatic N) is 1. The smallest absolute Gasteiger partial charge is 0.315 e. The van der Waals surface area contributed by atoms with E-state index in [-0.39, 0.29) is 54.5 Å². The molecule has 3 aliphatic rings. The summed E-state index contributed by atoms with van der Waals surface area (Å²) in [5.41, 5.74) is 4.50. The first-order valence-corrected chi connectivity index (χ1v) is 28.4. The van der Waals surface area contributed by atoms with E-state index in [1.54, 1.807) is 19.2 Å². The number of fused-ring (bicyclic) bond motifs is 4. The zero-order valence-corrected chi connectivity index (χ0v) is 46.1. The average molecular weight is 1090 g/mol. The Bertz CT molecular complexity index is 2180. The highest BCUT2D eigenvalue weighted by Gasteiger charge is 2.42. The van der Waals surface area contributed by atoms with Crippen molar-refractivity contribution in [2.24, 2.45) is 5.92 Å². The Kier molecular flexibility index (Phi) is 29.2. The van der Waals surface area contributed by atoms with Gasteiger partial charge in [0.2, 0.25) is 17.7 Å². The van der Waals surface area contributed by atoms with Crippen LogP contribution in [0.25, 0.3) is 11.3 Å². The molecular weight excluding hydrogens is 1000 g/mol. The molecule has 3 atom stereocenters. The predicted molar refractivity (Wildman–Crippen MR) is 293 cm³/mol. The van der Waals surface area contributed by atoms with Gasteiger partial charge in [0.25, 0.3) is 0 Å². The van der Waals surface area contributed by atoms with Crippen LogP contribution in [0, 0.1) is 11.7 Å². The maximum absolute atomic E-state index is 13.7. The van der Waals surface area contributed by atoms with Crippen LogP contribution in [0.5, 0.6) is 11.5 Å². The Morgan fingerprint density at radius 3 is 2.00 bits per heavy atom. The lowest BCUT2D eigenvalue weighted by Gasteiger charge is -2.16. The van der Waals surface area contributed by atoms with Gasteiger partial charge in [-0.25, -0.2) is 9.18 Å². The second kappa shape index (κ2) is 36.0. The number of methoxy groups -OCH3 is 1. The van der Waals surface area contributed by atoms with Crippen molar-refractivity contribution in [2.45, 2.75) is 122 Å². The number of nitrogens with one attached hydrogen (secondary N) is 7. The minimum Gasteiger partial charge on any atom is -0.493 e. The third-order valence-corrected chi connectivity index (χ3v) is 14.5. The molecule has 3 heterocycles. The van der Waals surface area contributed by atoms with Crippen molar-refractivity contribution in [3.8, 4) is 22.8 Å². The number of ether oxygens (including phenoxy) is 7. The lowest BCUT2D eigenvalue weighted by molar-refractivity contribution is -0.126. The molecule has 1 aromatic heterocycles. The Hall–Kier alpha value is -5.19. The van der Waals surface area contributed by atoms with Gasteiger partial charge in [-0.2, -0.15) is 16.9 Å². The van der Waals surface area contributed by atoms with Gasteiger partial charge in [0, 0.05) is 86.3 Å². The van der Waals surface area contributed by atoms with E-state index in [1.165, 1.54) is 37.8 Å². The van der Waals surface area contributed by atoms with E-state index in [4.69, 9.17) is 33.2 Å². The molecule has 2 fully saturated rings. The minimum absolute atomic E-state index is 0.0589. The molecule has 5 amide bonds. The molecule has 19 nitrogen and oxygen atoms in total.